The number of carbonyl (C=O) groups excluding carboxylic acids is 1. The number of carboxylic acid groups (broad SMARTS) is 1. The third kappa shape index (κ3) is 5.95. The Hall–Kier alpha value is -3.66. The van der Waals surface area contributed by atoms with Crippen LogP contribution >= 0.6 is 0 Å². The largest absolute Gasteiger partial charge is 0.481 e. The summed E-state index contributed by atoms with van der Waals surface area (Å²) in [5.74, 6) is 0.901. The van der Waals surface area contributed by atoms with E-state index in [1.807, 2.05) is 0 Å². The van der Waals surface area contributed by atoms with E-state index in [0.29, 0.717) is 29.5 Å². The van der Waals surface area contributed by atoms with Gasteiger partial charge in [-0.3, -0.25) is 9.59 Å². The summed E-state index contributed by atoms with van der Waals surface area (Å²) in [4.78, 5) is 33.8. The van der Waals surface area contributed by atoms with E-state index in [1.165, 1.54) is 16.7 Å². The van der Waals surface area contributed by atoms with Crippen molar-refractivity contribution in [3.05, 3.63) is 52.7 Å². The first-order chi connectivity index (χ1) is 26.7. The van der Waals surface area contributed by atoms with Gasteiger partial charge in [0.2, 0.25) is 11.7 Å². The van der Waals surface area contributed by atoms with Crippen LogP contribution in [0.2, 0.25) is 0 Å². The van der Waals surface area contributed by atoms with E-state index in [4.69, 9.17) is 9.15 Å². The molecule has 8 rings (SSSR count). The highest BCUT2D eigenvalue weighted by atomic mass is 16.5. The van der Waals surface area contributed by atoms with Crippen LogP contribution < -0.4 is 0 Å². The zero-order valence-corrected chi connectivity index (χ0v) is 35.7. The summed E-state index contributed by atoms with van der Waals surface area (Å²) in [5, 5.41) is 31.2. The highest BCUT2D eigenvalue weighted by Crippen LogP contribution is 2.78. The van der Waals surface area contributed by atoms with Crippen LogP contribution in [0.1, 0.15) is 157 Å². The number of hydrogen-bond acceptors (Lipinski definition) is 9. The lowest BCUT2D eigenvalue weighted by Crippen LogP contribution is -2.66. The zero-order valence-electron chi connectivity index (χ0n) is 35.7. The summed E-state index contributed by atoms with van der Waals surface area (Å²) < 4.78 is 12.5. The monoisotopic (exact) mass is 780 g/mol. The van der Waals surface area contributed by atoms with Crippen LogP contribution in [0.25, 0.3) is 17.8 Å². The lowest BCUT2D eigenvalue weighted by atomic mass is 9.33. The summed E-state index contributed by atoms with van der Waals surface area (Å²) >= 11 is 0. The van der Waals surface area contributed by atoms with Gasteiger partial charge in [-0.15, -0.1) is 10.2 Å². The SMILES string of the molecule is C=Cc1cnc(-c2nnc(C(O)C34CCC5(C)C(CCC6C7(C)CCC(OC(=O)CC(C)(C)C(=O)O)C(C)(C)C7CCC65C)C3=C(C(C)C)C(=C3CC3)C4)o2)nc1. The van der Waals surface area contributed by atoms with Gasteiger partial charge in [-0.1, -0.05) is 72.3 Å². The molecule has 0 spiro atoms. The maximum atomic E-state index is 13.2. The van der Waals surface area contributed by atoms with Crippen molar-refractivity contribution in [2.45, 2.75) is 152 Å². The fourth-order valence-corrected chi connectivity index (χ4v) is 13.8. The quantitative estimate of drug-likeness (QED) is 0.236. The van der Waals surface area contributed by atoms with Gasteiger partial charge in [0, 0.05) is 28.8 Å². The predicted molar refractivity (Wildman–Crippen MR) is 217 cm³/mol. The molecule has 6 aliphatic rings. The van der Waals surface area contributed by atoms with Crippen LogP contribution in [0.3, 0.4) is 0 Å². The average Bonchev–Trinajstić information content (AvgIpc) is 3.76. The van der Waals surface area contributed by atoms with E-state index in [0.717, 1.165) is 76.2 Å². The second-order valence-electron chi connectivity index (χ2n) is 21.1. The van der Waals surface area contributed by atoms with Crippen molar-refractivity contribution in [2.75, 3.05) is 0 Å². The van der Waals surface area contributed by atoms with Crippen molar-refractivity contribution in [1.29, 1.82) is 0 Å². The van der Waals surface area contributed by atoms with E-state index in [9.17, 15) is 19.8 Å². The minimum Gasteiger partial charge on any atom is -0.481 e. The number of ether oxygens (including phenoxy) is 1. The fraction of sp³-hybridized carbons (Fsp3) is 0.702. The minimum atomic E-state index is -1.17. The average molecular weight is 781 g/mol. The van der Waals surface area contributed by atoms with Gasteiger partial charge in [-0.25, -0.2) is 9.97 Å². The molecule has 9 unspecified atom stereocenters. The van der Waals surface area contributed by atoms with Gasteiger partial charge in [-0.05, 0) is 136 Å². The van der Waals surface area contributed by atoms with Gasteiger partial charge in [0.25, 0.3) is 5.89 Å². The molecule has 2 heterocycles. The van der Waals surface area contributed by atoms with Crippen molar-refractivity contribution in [2.24, 2.45) is 56.2 Å². The summed E-state index contributed by atoms with van der Waals surface area (Å²) in [6.07, 6.45) is 14.8. The number of nitrogens with zero attached hydrogens (tertiary/aromatic N) is 4. The zero-order chi connectivity index (χ0) is 41.1. The van der Waals surface area contributed by atoms with Gasteiger partial charge in [0.15, 0.2) is 0 Å². The van der Waals surface area contributed by atoms with Gasteiger partial charge < -0.3 is 19.4 Å². The summed E-state index contributed by atoms with van der Waals surface area (Å²) in [5.41, 5.74) is 5.01. The van der Waals surface area contributed by atoms with Gasteiger partial charge in [0.05, 0.1) is 11.8 Å². The predicted octanol–water partition coefficient (Wildman–Crippen LogP) is 10.1. The molecule has 0 radical (unpaired) electrons. The molecule has 0 aliphatic heterocycles. The third-order valence-corrected chi connectivity index (χ3v) is 17.1. The van der Waals surface area contributed by atoms with Crippen molar-refractivity contribution in [3.8, 4) is 11.7 Å². The Bertz CT molecular complexity index is 2040. The van der Waals surface area contributed by atoms with E-state index in [-0.39, 0.29) is 46.0 Å². The molecule has 308 valence electrons. The standard InChI is InChI=1S/C47H64N4O6/c1-11-27-24-48-38(49-25-27)40-51-50-39(57-40)37(53)47-21-20-45(9)30(36(47)35(26(2)3)29(22-47)28-12-13-28)14-15-32-44(8)18-17-33(56-34(52)23-42(4,5)41(54)55)43(6,7)31(44)16-19-46(32,45)10/h11,24-26,30-33,37,53H,1,12-23H2,2-10H3,(H,54,55). The number of aromatic nitrogens is 4. The van der Waals surface area contributed by atoms with Crippen molar-refractivity contribution in [1.82, 2.24) is 20.2 Å². The number of hydrogen-bond donors (Lipinski definition) is 2. The lowest BCUT2D eigenvalue weighted by Gasteiger charge is -2.72. The summed E-state index contributed by atoms with van der Waals surface area (Å²) in [6, 6.07) is 0. The highest BCUT2D eigenvalue weighted by Gasteiger charge is 2.71. The Morgan fingerprint density at radius 2 is 1.67 bits per heavy atom. The molecule has 2 aromatic heterocycles. The summed E-state index contributed by atoms with van der Waals surface area (Å²) in [7, 11) is 0. The Morgan fingerprint density at radius 1 is 0.965 bits per heavy atom. The van der Waals surface area contributed by atoms with Crippen LogP contribution in [0.4, 0.5) is 0 Å². The Kier molecular flexibility index (Phi) is 9.46. The summed E-state index contributed by atoms with van der Waals surface area (Å²) in [6.45, 7) is 24.0. The van der Waals surface area contributed by atoms with Crippen molar-refractivity contribution >= 4 is 18.0 Å². The van der Waals surface area contributed by atoms with Gasteiger partial charge in [0.1, 0.15) is 12.2 Å². The number of fused-ring (bicyclic) bond motifs is 7. The van der Waals surface area contributed by atoms with Crippen LogP contribution in [-0.4, -0.2) is 48.4 Å². The highest BCUT2D eigenvalue weighted by molar-refractivity contribution is 5.81. The lowest BCUT2D eigenvalue weighted by molar-refractivity contribution is -0.235. The minimum absolute atomic E-state index is 0.0167. The molecule has 0 aromatic carbocycles. The van der Waals surface area contributed by atoms with Crippen molar-refractivity contribution < 1.29 is 29.0 Å². The Balaban J connectivity index is 1.12. The maximum absolute atomic E-state index is 13.2. The first kappa shape index (κ1) is 40.1. The molecule has 6 aliphatic carbocycles. The number of aliphatic carboxylic acids is 1. The molecule has 10 nitrogen and oxygen atoms in total. The third-order valence-electron chi connectivity index (χ3n) is 17.1. The van der Waals surface area contributed by atoms with E-state index in [1.54, 1.807) is 37.9 Å². The second kappa shape index (κ2) is 13.4. The Labute approximate surface area is 338 Å². The number of esters is 1. The van der Waals surface area contributed by atoms with E-state index >= 15 is 0 Å². The van der Waals surface area contributed by atoms with Crippen LogP contribution in [-0.2, 0) is 14.3 Å². The normalized spacial score (nSPS) is 36.2. The second-order valence-corrected chi connectivity index (χ2v) is 21.1. The first-order valence-corrected chi connectivity index (χ1v) is 21.6. The molecule has 9 atom stereocenters. The molecular weight excluding hydrogens is 717 g/mol. The fourth-order valence-electron chi connectivity index (χ4n) is 13.8. The van der Waals surface area contributed by atoms with Crippen LogP contribution in [0, 0.1) is 56.2 Å². The van der Waals surface area contributed by atoms with Crippen LogP contribution in [0.5, 0.6) is 0 Å². The van der Waals surface area contributed by atoms with E-state index in [2.05, 4.69) is 75.2 Å². The molecule has 5 saturated carbocycles. The number of allylic oxidation sites excluding steroid dienone is 3. The molecular formula is C47H64N4O6. The van der Waals surface area contributed by atoms with Crippen molar-refractivity contribution in [3.63, 3.8) is 0 Å². The van der Waals surface area contributed by atoms with E-state index < -0.39 is 28.9 Å². The van der Waals surface area contributed by atoms with Gasteiger partial charge in [-0.2, -0.15) is 0 Å². The number of aliphatic hydroxyl groups is 1. The maximum Gasteiger partial charge on any atom is 0.309 e. The number of aliphatic hydroxyl groups excluding tert-OH is 1. The molecule has 10 heteroatoms. The molecule has 0 saturated heterocycles. The number of carboxylic acids is 1. The molecule has 5 fully saturated rings. The van der Waals surface area contributed by atoms with Crippen LogP contribution in [0.15, 0.2) is 45.7 Å². The number of carbonyl (C=O) groups is 2. The molecule has 57 heavy (non-hydrogen) atoms. The topological polar surface area (TPSA) is 149 Å². The molecule has 2 N–H and O–H groups in total. The smallest absolute Gasteiger partial charge is 0.309 e. The Morgan fingerprint density at radius 3 is 2.30 bits per heavy atom. The molecule has 0 bridgehead atoms. The number of rotatable bonds is 9. The molecule has 2 aromatic rings. The molecule has 0 amide bonds. The van der Waals surface area contributed by atoms with Gasteiger partial charge >= 0.3 is 11.9 Å². The first-order valence-electron chi connectivity index (χ1n) is 21.6.